The second-order valence-corrected chi connectivity index (χ2v) is 22.6. The molecule has 0 saturated heterocycles. The quantitative estimate of drug-likeness (QED) is 0.264. The number of hydrogen-bond donors (Lipinski definition) is 1. The van der Waals surface area contributed by atoms with E-state index in [4.69, 9.17) is 8.85 Å². The van der Waals surface area contributed by atoms with Gasteiger partial charge in [0.15, 0.2) is 16.6 Å². The second kappa shape index (κ2) is 8.62. The Morgan fingerprint density at radius 2 is 1.70 bits per heavy atom. The standard InChI is InChI=1S/C28H48O3Si2/c1-9-15-28(31-33(6,7)8)18-14-24-23-11-10-21-19-22(29)12-17-27(21,20-30-32(3,4)5)25(23)13-16-26(24,28)2/h10,22-25,29H,11-14,16-20H2,1-8H3/t22?,23-,24-,25+,26-,27+,28?/m0/s1. The fourth-order valence-corrected chi connectivity index (χ4v) is 10.3. The molecule has 0 amide bonds. The van der Waals surface area contributed by atoms with E-state index in [1.807, 2.05) is 6.92 Å². The predicted molar refractivity (Wildman–Crippen MR) is 142 cm³/mol. The molecule has 5 heteroatoms. The molecule has 0 aliphatic heterocycles. The number of aliphatic hydroxyl groups is 1. The van der Waals surface area contributed by atoms with E-state index in [0.717, 1.165) is 38.7 Å². The van der Waals surface area contributed by atoms with Gasteiger partial charge in [-0.3, -0.25) is 0 Å². The van der Waals surface area contributed by atoms with Crippen molar-refractivity contribution in [3.05, 3.63) is 11.6 Å². The normalized spacial score (nSPS) is 43.0. The largest absolute Gasteiger partial charge is 0.417 e. The Bertz CT molecular complexity index is 844. The average Bonchev–Trinajstić information content (AvgIpc) is 2.97. The van der Waals surface area contributed by atoms with Gasteiger partial charge in [-0.15, -0.1) is 5.92 Å². The van der Waals surface area contributed by atoms with E-state index in [0.29, 0.717) is 17.8 Å². The lowest BCUT2D eigenvalue weighted by Crippen LogP contribution is -2.58. The first kappa shape index (κ1) is 25.7. The molecule has 4 rings (SSSR count). The van der Waals surface area contributed by atoms with Crippen LogP contribution in [-0.2, 0) is 8.85 Å². The van der Waals surface area contributed by atoms with Crippen LogP contribution in [0, 0.1) is 40.4 Å². The third-order valence-corrected chi connectivity index (χ3v) is 11.5. The van der Waals surface area contributed by atoms with E-state index in [1.54, 1.807) is 0 Å². The van der Waals surface area contributed by atoms with Crippen molar-refractivity contribution >= 4 is 16.6 Å². The van der Waals surface area contributed by atoms with Crippen molar-refractivity contribution in [2.75, 3.05) is 6.61 Å². The maximum Gasteiger partial charge on any atom is 0.185 e. The van der Waals surface area contributed by atoms with Crippen molar-refractivity contribution in [2.45, 2.75) is 116 Å². The van der Waals surface area contributed by atoms with Crippen LogP contribution < -0.4 is 0 Å². The highest BCUT2D eigenvalue weighted by Crippen LogP contribution is 2.68. The number of fused-ring (bicyclic) bond motifs is 5. The summed E-state index contributed by atoms with van der Waals surface area (Å²) >= 11 is 0. The predicted octanol–water partition coefficient (Wildman–Crippen LogP) is 6.76. The van der Waals surface area contributed by atoms with Gasteiger partial charge in [0.2, 0.25) is 0 Å². The van der Waals surface area contributed by atoms with Crippen LogP contribution in [0.15, 0.2) is 11.6 Å². The minimum absolute atomic E-state index is 0.123. The third-order valence-electron chi connectivity index (χ3n) is 9.49. The first-order chi connectivity index (χ1) is 15.3. The molecule has 33 heavy (non-hydrogen) atoms. The maximum absolute atomic E-state index is 10.5. The van der Waals surface area contributed by atoms with Crippen molar-refractivity contribution in [3.8, 4) is 11.8 Å². The van der Waals surface area contributed by atoms with Crippen molar-refractivity contribution in [3.63, 3.8) is 0 Å². The zero-order chi connectivity index (χ0) is 24.3. The number of aliphatic hydroxyl groups excluding tert-OH is 1. The molecule has 1 N–H and O–H groups in total. The average molecular weight is 489 g/mol. The summed E-state index contributed by atoms with van der Waals surface area (Å²) in [5.41, 5.74) is 1.49. The van der Waals surface area contributed by atoms with Gasteiger partial charge in [0.05, 0.1) is 6.10 Å². The summed E-state index contributed by atoms with van der Waals surface area (Å²) in [6, 6.07) is 0. The molecule has 4 aliphatic carbocycles. The fourth-order valence-electron chi connectivity index (χ4n) is 8.17. The van der Waals surface area contributed by atoms with Crippen molar-refractivity contribution in [2.24, 2.45) is 28.6 Å². The Morgan fingerprint density at radius 3 is 2.33 bits per heavy atom. The van der Waals surface area contributed by atoms with Crippen LogP contribution in [0.25, 0.3) is 0 Å². The fraction of sp³-hybridized carbons (Fsp3) is 0.857. The van der Waals surface area contributed by atoms with Crippen LogP contribution in [0.1, 0.15) is 65.2 Å². The van der Waals surface area contributed by atoms with Crippen LogP contribution in [0.5, 0.6) is 0 Å². The number of hydrogen-bond acceptors (Lipinski definition) is 3. The first-order valence-electron chi connectivity index (χ1n) is 13.4. The third kappa shape index (κ3) is 4.49. The molecule has 0 radical (unpaired) electrons. The van der Waals surface area contributed by atoms with E-state index in [-0.39, 0.29) is 22.5 Å². The molecule has 3 fully saturated rings. The molecule has 2 unspecified atom stereocenters. The summed E-state index contributed by atoms with van der Waals surface area (Å²) in [6.07, 6.45) is 11.1. The molecule has 0 bridgehead atoms. The van der Waals surface area contributed by atoms with E-state index in [9.17, 15) is 5.11 Å². The molecule has 7 atom stereocenters. The van der Waals surface area contributed by atoms with Gasteiger partial charge in [-0.05, 0) is 115 Å². The Kier molecular flexibility index (Phi) is 6.72. The molecule has 0 aromatic rings. The van der Waals surface area contributed by atoms with Crippen LogP contribution in [0.2, 0.25) is 39.3 Å². The summed E-state index contributed by atoms with van der Waals surface area (Å²) in [5.74, 6) is 8.95. The zero-order valence-corrected chi connectivity index (χ0v) is 24.5. The van der Waals surface area contributed by atoms with E-state index in [1.165, 1.54) is 24.8 Å². The maximum atomic E-state index is 10.5. The van der Waals surface area contributed by atoms with Gasteiger partial charge in [0.25, 0.3) is 0 Å². The molecule has 0 spiro atoms. The Labute approximate surface area is 205 Å². The van der Waals surface area contributed by atoms with Gasteiger partial charge >= 0.3 is 0 Å². The summed E-state index contributed by atoms with van der Waals surface area (Å²) in [6.45, 7) is 19.3. The number of rotatable bonds is 5. The molecular weight excluding hydrogens is 440 g/mol. The van der Waals surface area contributed by atoms with Crippen LogP contribution in [0.3, 0.4) is 0 Å². The smallest absolute Gasteiger partial charge is 0.185 e. The Hall–Kier alpha value is -0.386. The zero-order valence-electron chi connectivity index (χ0n) is 22.5. The van der Waals surface area contributed by atoms with E-state index >= 15 is 0 Å². The SMILES string of the molecule is CC#CC1(O[Si](C)(C)C)CC[C@H]2[C@@H]3CC=C4CC(O)CC[C@]4(CO[Si](C)(C)C)[C@@H]3CC[C@@]21C. The minimum atomic E-state index is -1.74. The molecule has 3 saturated carbocycles. The van der Waals surface area contributed by atoms with Crippen LogP contribution >= 0.6 is 0 Å². The molecule has 0 heterocycles. The second-order valence-electron chi connectivity index (χ2n) is 13.7. The summed E-state index contributed by atoms with van der Waals surface area (Å²) in [7, 11) is -3.36. The van der Waals surface area contributed by atoms with Gasteiger partial charge in [-0.1, -0.05) is 24.5 Å². The molecule has 4 aliphatic rings. The van der Waals surface area contributed by atoms with Crippen LogP contribution in [0.4, 0.5) is 0 Å². The van der Waals surface area contributed by atoms with Gasteiger partial charge in [-0.25, -0.2) is 0 Å². The lowest BCUT2D eigenvalue weighted by atomic mass is 9.46. The van der Waals surface area contributed by atoms with E-state index in [2.05, 4.69) is 64.1 Å². The first-order valence-corrected chi connectivity index (χ1v) is 20.2. The van der Waals surface area contributed by atoms with Crippen LogP contribution in [-0.4, -0.2) is 40.1 Å². The monoisotopic (exact) mass is 488 g/mol. The molecule has 0 aromatic heterocycles. The van der Waals surface area contributed by atoms with Gasteiger partial charge in [0.1, 0.15) is 5.60 Å². The summed E-state index contributed by atoms with van der Waals surface area (Å²) in [5, 5.41) is 10.5. The molecule has 186 valence electrons. The molecule has 0 aromatic carbocycles. The molecular formula is C28H48O3Si2. The van der Waals surface area contributed by atoms with Crippen molar-refractivity contribution in [1.82, 2.24) is 0 Å². The minimum Gasteiger partial charge on any atom is -0.417 e. The number of allylic oxidation sites excluding steroid dienone is 1. The highest BCUT2D eigenvalue weighted by Gasteiger charge is 2.65. The van der Waals surface area contributed by atoms with Gasteiger partial charge in [-0.2, -0.15) is 0 Å². The Balaban J connectivity index is 1.70. The van der Waals surface area contributed by atoms with Crippen molar-refractivity contribution in [1.29, 1.82) is 0 Å². The lowest BCUT2D eigenvalue weighted by Gasteiger charge is -2.60. The molecule has 3 nitrogen and oxygen atoms in total. The van der Waals surface area contributed by atoms with E-state index < -0.39 is 16.6 Å². The lowest BCUT2D eigenvalue weighted by molar-refractivity contribution is -0.102. The van der Waals surface area contributed by atoms with Gasteiger partial charge < -0.3 is 14.0 Å². The Morgan fingerprint density at radius 1 is 1.00 bits per heavy atom. The highest BCUT2D eigenvalue weighted by molar-refractivity contribution is 6.70. The van der Waals surface area contributed by atoms with Crippen molar-refractivity contribution < 1.29 is 14.0 Å². The highest BCUT2D eigenvalue weighted by atomic mass is 28.4. The summed E-state index contributed by atoms with van der Waals surface area (Å²) in [4.78, 5) is 0. The topological polar surface area (TPSA) is 38.7 Å². The van der Waals surface area contributed by atoms with Gasteiger partial charge in [0, 0.05) is 17.4 Å². The summed E-state index contributed by atoms with van der Waals surface area (Å²) < 4.78 is 13.7.